The SMILES string of the molecule is COc1cc(C#N)ccc1C1=CC(C)(C)Oc2ccccc21. The molecule has 0 fully saturated rings. The third kappa shape index (κ3) is 2.44. The Hall–Kier alpha value is -2.73. The maximum absolute atomic E-state index is 9.06. The summed E-state index contributed by atoms with van der Waals surface area (Å²) in [5, 5.41) is 9.06. The van der Waals surface area contributed by atoms with Crippen LogP contribution in [0.2, 0.25) is 0 Å². The minimum absolute atomic E-state index is 0.400. The fraction of sp³-hybridized carbons (Fsp3) is 0.211. The average molecular weight is 291 g/mol. The summed E-state index contributed by atoms with van der Waals surface area (Å²) in [6, 6.07) is 15.6. The molecule has 0 aromatic heterocycles. The predicted octanol–water partition coefficient (Wildman–Crippen LogP) is 4.17. The summed E-state index contributed by atoms with van der Waals surface area (Å²) in [6.07, 6.45) is 2.10. The standard InChI is InChI=1S/C19H17NO2/c1-19(2)11-16(14-6-4-5-7-17(14)22-19)15-9-8-13(12-20)10-18(15)21-3/h4-11H,1-3H3. The number of rotatable bonds is 2. The minimum atomic E-state index is -0.400. The molecule has 0 saturated carbocycles. The second-order valence-electron chi connectivity index (χ2n) is 5.79. The van der Waals surface area contributed by atoms with E-state index >= 15 is 0 Å². The molecule has 2 aromatic carbocycles. The number of hydrogen-bond donors (Lipinski definition) is 0. The van der Waals surface area contributed by atoms with E-state index in [4.69, 9.17) is 14.7 Å². The molecule has 0 radical (unpaired) electrons. The van der Waals surface area contributed by atoms with E-state index in [-0.39, 0.29) is 0 Å². The molecule has 0 atom stereocenters. The first kappa shape index (κ1) is 14.2. The first-order chi connectivity index (χ1) is 10.5. The van der Waals surface area contributed by atoms with Gasteiger partial charge in [-0.05, 0) is 49.8 Å². The quantitative estimate of drug-likeness (QED) is 0.834. The first-order valence-electron chi connectivity index (χ1n) is 7.14. The number of methoxy groups -OCH3 is 1. The molecule has 0 bridgehead atoms. The van der Waals surface area contributed by atoms with E-state index in [2.05, 4.69) is 12.1 Å². The van der Waals surface area contributed by atoms with Gasteiger partial charge in [0.25, 0.3) is 0 Å². The Labute approximate surface area is 130 Å². The molecule has 0 unspecified atom stereocenters. The number of ether oxygens (including phenoxy) is 2. The highest BCUT2D eigenvalue weighted by Gasteiger charge is 2.28. The Bertz CT molecular complexity index is 797. The molecule has 3 heteroatoms. The molecule has 0 spiro atoms. The summed E-state index contributed by atoms with van der Waals surface area (Å²) in [6.45, 7) is 4.05. The van der Waals surface area contributed by atoms with Crippen molar-refractivity contribution in [2.45, 2.75) is 19.4 Å². The normalized spacial score (nSPS) is 15.1. The fourth-order valence-electron chi connectivity index (χ4n) is 2.72. The molecule has 0 aliphatic carbocycles. The van der Waals surface area contributed by atoms with Gasteiger partial charge in [0.1, 0.15) is 17.1 Å². The van der Waals surface area contributed by atoms with E-state index in [9.17, 15) is 0 Å². The number of hydrogen-bond acceptors (Lipinski definition) is 3. The largest absolute Gasteiger partial charge is 0.496 e. The van der Waals surface area contributed by atoms with Crippen LogP contribution in [0.3, 0.4) is 0 Å². The van der Waals surface area contributed by atoms with Crippen LogP contribution in [0.25, 0.3) is 5.57 Å². The Morgan fingerprint density at radius 3 is 2.59 bits per heavy atom. The van der Waals surface area contributed by atoms with E-state index in [0.29, 0.717) is 11.3 Å². The number of para-hydroxylation sites is 1. The molecule has 22 heavy (non-hydrogen) atoms. The molecule has 0 amide bonds. The van der Waals surface area contributed by atoms with Gasteiger partial charge in [-0.15, -0.1) is 0 Å². The van der Waals surface area contributed by atoms with Crippen LogP contribution in [-0.2, 0) is 0 Å². The van der Waals surface area contributed by atoms with Crippen molar-refractivity contribution in [2.75, 3.05) is 7.11 Å². The highest BCUT2D eigenvalue weighted by Crippen LogP contribution is 2.41. The zero-order chi connectivity index (χ0) is 15.7. The molecule has 1 heterocycles. The van der Waals surface area contributed by atoms with Crippen LogP contribution in [0.1, 0.15) is 30.5 Å². The lowest BCUT2D eigenvalue weighted by molar-refractivity contribution is 0.158. The lowest BCUT2D eigenvalue weighted by Crippen LogP contribution is -2.29. The summed E-state index contributed by atoms with van der Waals surface area (Å²) < 4.78 is 11.5. The summed E-state index contributed by atoms with van der Waals surface area (Å²) in [4.78, 5) is 0. The third-order valence-electron chi connectivity index (χ3n) is 3.66. The van der Waals surface area contributed by atoms with E-state index in [0.717, 1.165) is 22.4 Å². The molecule has 1 aliphatic heterocycles. The molecule has 110 valence electrons. The summed E-state index contributed by atoms with van der Waals surface area (Å²) >= 11 is 0. The number of benzene rings is 2. The predicted molar refractivity (Wildman–Crippen MR) is 85.9 cm³/mol. The number of nitriles is 1. The Balaban J connectivity index is 2.22. The van der Waals surface area contributed by atoms with Gasteiger partial charge in [0.05, 0.1) is 18.7 Å². The topological polar surface area (TPSA) is 42.2 Å². The summed E-state index contributed by atoms with van der Waals surface area (Å²) in [5.41, 5.74) is 3.24. The smallest absolute Gasteiger partial charge is 0.128 e. The molecule has 3 rings (SSSR count). The number of nitrogens with zero attached hydrogens (tertiary/aromatic N) is 1. The third-order valence-corrected chi connectivity index (χ3v) is 3.66. The zero-order valence-electron chi connectivity index (χ0n) is 12.9. The molecule has 0 N–H and O–H groups in total. The zero-order valence-corrected chi connectivity index (χ0v) is 12.9. The lowest BCUT2D eigenvalue weighted by Gasteiger charge is -2.31. The molecular weight excluding hydrogens is 274 g/mol. The van der Waals surface area contributed by atoms with Crippen molar-refractivity contribution in [1.29, 1.82) is 5.26 Å². The van der Waals surface area contributed by atoms with Crippen LogP contribution in [0, 0.1) is 11.3 Å². The van der Waals surface area contributed by atoms with Crippen molar-refractivity contribution in [3.8, 4) is 17.6 Å². The van der Waals surface area contributed by atoms with Crippen molar-refractivity contribution in [3.05, 3.63) is 65.2 Å². The van der Waals surface area contributed by atoms with Gasteiger partial charge in [-0.1, -0.05) is 18.2 Å². The van der Waals surface area contributed by atoms with E-state index in [1.165, 1.54) is 0 Å². The minimum Gasteiger partial charge on any atom is -0.496 e. The van der Waals surface area contributed by atoms with Crippen LogP contribution >= 0.6 is 0 Å². The molecule has 0 saturated heterocycles. The van der Waals surface area contributed by atoms with Crippen molar-refractivity contribution < 1.29 is 9.47 Å². The molecule has 3 nitrogen and oxygen atoms in total. The molecule has 2 aromatic rings. The van der Waals surface area contributed by atoms with Crippen molar-refractivity contribution in [2.24, 2.45) is 0 Å². The van der Waals surface area contributed by atoms with Gasteiger partial charge in [0.2, 0.25) is 0 Å². The molecule has 1 aliphatic rings. The van der Waals surface area contributed by atoms with Gasteiger partial charge < -0.3 is 9.47 Å². The fourth-order valence-corrected chi connectivity index (χ4v) is 2.72. The van der Waals surface area contributed by atoms with E-state index < -0.39 is 5.60 Å². The maximum atomic E-state index is 9.06. The van der Waals surface area contributed by atoms with Gasteiger partial charge in [-0.3, -0.25) is 0 Å². The lowest BCUT2D eigenvalue weighted by atomic mass is 9.89. The second-order valence-corrected chi connectivity index (χ2v) is 5.79. The van der Waals surface area contributed by atoms with Crippen LogP contribution in [0.5, 0.6) is 11.5 Å². The van der Waals surface area contributed by atoms with E-state index in [1.54, 1.807) is 13.2 Å². The van der Waals surface area contributed by atoms with Crippen LogP contribution in [0.15, 0.2) is 48.5 Å². The average Bonchev–Trinajstić information content (AvgIpc) is 2.52. The van der Waals surface area contributed by atoms with Gasteiger partial charge in [-0.2, -0.15) is 5.26 Å². The number of fused-ring (bicyclic) bond motifs is 1. The highest BCUT2D eigenvalue weighted by molar-refractivity contribution is 5.87. The van der Waals surface area contributed by atoms with Crippen LogP contribution in [-0.4, -0.2) is 12.7 Å². The van der Waals surface area contributed by atoms with E-state index in [1.807, 2.05) is 50.2 Å². The van der Waals surface area contributed by atoms with Crippen LogP contribution in [0.4, 0.5) is 0 Å². The maximum Gasteiger partial charge on any atom is 0.128 e. The summed E-state index contributed by atoms with van der Waals surface area (Å²) in [7, 11) is 1.62. The Morgan fingerprint density at radius 1 is 1.09 bits per heavy atom. The first-order valence-corrected chi connectivity index (χ1v) is 7.14. The van der Waals surface area contributed by atoms with Crippen molar-refractivity contribution in [3.63, 3.8) is 0 Å². The Morgan fingerprint density at radius 2 is 1.86 bits per heavy atom. The van der Waals surface area contributed by atoms with Gasteiger partial charge in [0, 0.05) is 11.1 Å². The molecular formula is C19H17NO2. The van der Waals surface area contributed by atoms with Crippen LogP contribution < -0.4 is 9.47 Å². The monoisotopic (exact) mass is 291 g/mol. The van der Waals surface area contributed by atoms with Crippen molar-refractivity contribution >= 4 is 5.57 Å². The highest BCUT2D eigenvalue weighted by atomic mass is 16.5. The van der Waals surface area contributed by atoms with Crippen molar-refractivity contribution in [1.82, 2.24) is 0 Å². The second kappa shape index (κ2) is 5.23. The van der Waals surface area contributed by atoms with Gasteiger partial charge >= 0.3 is 0 Å². The van der Waals surface area contributed by atoms with Gasteiger partial charge in [0.15, 0.2) is 0 Å². The van der Waals surface area contributed by atoms with Gasteiger partial charge in [-0.25, -0.2) is 0 Å². The summed E-state index contributed by atoms with van der Waals surface area (Å²) in [5.74, 6) is 1.55. The Kier molecular flexibility index (Phi) is 3.38.